The molecule has 1 N–H and O–H groups in total. The molecular formula is C14H16N2OS. The van der Waals surface area contributed by atoms with Crippen LogP contribution in [0.1, 0.15) is 5.69 Å². The second-order valence-corrected chi connectivity index (χ2v) is 4.61. The molecule has 0 spiro atoms. The van der Waals surface area contributed by atoms with E-state index in [1.54, 1.807) is 18.0 Å². The Morgan fingerprint density at radius 1 is 1.28 bits per heavy atom. The topological polar surface area (TPSA) is 34.1 Å². The van der Waals surface area contributed by atoms with Crippen molar-refractivity contribution in [3.63, 3.8) is 0 Å². The first-order valence-electron chi connectivity index (χ1n) is 5.74. The minimum atomic E-state index is 0.737. The lowest BCUT2D eigenvalue weighted by atomic mass is 10.3. The van der Waals surface area contributed by atoms with Crippen LogP contribution in [0.15, 0.2) is 47.5 Å². The Morgan fingerprint density at radius 2 is 2.11 bits per heavy atom. The molecule has 18 heavy (non-hydrogen) atoms. The first-order valence-corrected chi connectivity index (χ1v) is 6.96. The molecule has 0 unspecified atom stereocenters. The molecule has 0 aliphatic heterocycles. The van der Waals surface area contributed by atoms with E-state index in [9.17, 15) is 0 Å². The summed E-state index contributed by atoms with van der Waals surface area (Å²) in [6, 6.07) is 11.8. The van der Waals surface area contributed by atoms with E-state index in [4.69, 9.17) is 4.74 Å². The summed E-state index contributed by atoms with van der Waals surface area (Å²) >= 11 is 1.68. The number of para-hydroxylation sites is 1. The van der Waals surface area contributed by atoms with Crippen molar-refractivity contribution in [1.29, 1.82) is 0 Å². The van der Waals surface area contributed by atoms with Crippen LogP contribution in [0.25, 0.3) is 0 Å². The van der Waals surface area contributed by atoms with Gasteiger partial charge in [-0.3, -0.25) is 4.98 Å². The smallest absolute Gasteiger partial charge is 0.140 e. The molecule has 0 aliphatic carbocycles. The molecule has 4 heteroatoms. The number of hydrogen-bond donors (Lipinski definition) is 1. The van der Waals surface area contributed by atoms with Gasteiger partial charge in [0.25, 0.3) is 0 Å². The van der Waals surface area contributed by atoms with Gasteiger partial charge in [-0.05, 0) is 31.5 Å². The average molecular weight is 260 g/mol. The highest BCUT2D eigenvalue weighted by atomic mass is 32.2. The van der Waals surface area contributed by atoms with Crippen molar-refractivity contribution >= 4 is 11.8 Å². The van der Waals surface area contributed by atoms with Crippen LogP contribution in [0.5, 0.6) is 11.5 Å². The molecule has 0 saturated heterocycles. The normalized spacial score (nSPS) is 10.3. The highest BCUT2D eigenvalue weighted by Crippen LogP contribution is 2.31. The Bertz CT molecular complexity index is 517. The molecule has 0 saturated carbocycles. The maximum Gasteiger partial charge on any atom is 0.140 e. The summed E-state index contributed by atoms with van der Waals surface area (Å²) in [4.78, 5) is 5.39. The number of ether oxygens (including phenoxy) is 1. The number of nitrogens with zero attached hydrogens (tertiary/aromatic N) is 1. The van der Waals surface area contributed by atoms with E-state index in [2.05, 4.69) is 16.4 Å². The van der Waals surface area contributed by atoms with E-state index < -0.39 is 0 Å². The fourth-order valence-corrected chi connectivity index (χ4v) is 2.15. The lowest BCUT2D eigenvalue weighted by Crippen LogP contribution is -2.06. The van der Waals surface area contributed by atoms with Crippen molar-refractivity contribution in [3.8, 4) is 11.5 Å². The van der Waals surface area contributed by atoms with Crippen LogP contribution in [-0.4, -0.2) is 18.3 Å². The summed E-state index contributed by atoms with van der Waals surface area (Å²) in [5.74, 6) is 1.70. The molecule has 1 aromatic carbocycles. The van der Waals surface area contributed by atoms with Crippen molar-refractivity contribution in [2.24, 2.45) is 0 Å². The molecule has 0 bridgehead atoms. The number of nitrogens with one attached hydrogen (secondary N) is 1. The second-order valence-electron chi connectivity index (χ2n) is 3.77. The fourth-order valence-electron chi connectivity index (χ4n) is 1.63. The van der Waals surface area contributed by atoms with Crippen molar-refractivity contribution in [2.45, 2.75) is 11.4 Å². The van der Waals surface area contributed by atoms with E-state index >= 15 is 0 Å². The van der Waals surface area contributed by atoms with Gasteiger partial charge in [-0.1, -0.05) is 12.1 Å². The van der Waals surface area contributed by atoms with Crippen LogP contribution in [0.3, 0.4) is 0 Å². The van der Waals surface area contributed by atoms with Crippen LogP contribution in [-0.2, 0) is 6.54 Å². The summed E-state index contributed by atoms with van der Waals surface area (Å²) in [6.07, 6.45) is 3.81. The van der Waals surface area contributed by atoms with Crippen LogP contribution < -0.4 is 10.1 Å². The van der Waals surface area contributed by atoms with Gasteiger partial charge in [0.15, 0.2) is 0 Å². The summed E-state index contributed by atoms with van der Waals surface area (Å²) < 4.78 is 5.90. The maximum atomic E-state index is 5.90. The summed E-state index contributed by atoms with van der Waals surface area (Å²) in [5, 5.41) is 3.08. The van der Waals surface area contributed by atoms with E-state index in [0.29, 0.717) is 0 Å². The van der Waals surface area contributed by atoms with Crippen LogP contribution in [0.2, 0.25) is 0 Å². The number of hydrogen-bond acceptors (Lipinski definition) is 4. The third-order valence-corrected chi connectivity index (χ3v) is 3.22. The van der Waals surface area contributed by atoms with Gasteiger partial charge in [-0.15, -0.1) is 11.8 Å². The van der Waals surface area contributed by atoms with Crippen molar-refractivity contribution in [3.05, 3.63) is 48.3 Å². The summed E-state index contributed by atoms with van der Waals surface area (Å²) in [6.45, 7) is 0.737. The summed E-state index contributed by atoms with van der Waals surface area (Å²) in [5.41, 5.74) is 0.969. The Balaban J connectivity index is 2.20. The zero-order valence-electron chi connectivity index (χ0n) is 10.5. The minimum absolute atomic E-state index is 0.737. The van der Waals surface area contributed by atoms with E-state index in [0.717, 1.165) is 28.6 Å². The number of aromatic nitrogens is 1. The highest BCUT2D eigenvalue weighted by molar-refractivity contribution is 7.98. The number of pyridine rings is 1. The predicted octanol–water partition coefficient (Wildman–Crippen LogP) is 3.32. The molecule has 0 atom stereocenters. The van der Waals surface area contributed by atoms with E-state index in [1.165, 1.54) is 0 Å². The zero-order chi connectivity index (χ0) is 12.8. The van der Waals surface area contributed by atoms with Gasteiger partial charge in [0.05, 0.1) is 5.69 Å². The summed E-state index contributed by atoms with van der Waals surface area (Å²) in [7, 11) is 1.90. The Morgan fingerprint density at radius 3 is 2.89 bits per heavy atom. The Hall–Kier alpha value is -1.52. The number of rotatable bonds is 5. The lowest BCUT2D eigenvalue weighted by molar-refractivity contribution is 0.469. The van der Waals surface area contributed by atoms with E-state index in [1.807, 2.05) is 43.6 Å². The molecular weight excluding hydrogens is 244 g/mol. The Kier molecular flexibility index (Phi) is 4.61. The van der Waals surface area contributed by atoms with Gasteiger partial charge < -0.3 is 10.1 Å². The van der Waals surface area contributed by atoms with Gasteiger partial charge in [0.2, 0.25) is 0 Å². The van der Waals surface area contributed by atoms with Crippen molar-refractivity contribution < 1.29 is 4.74 Å². The molecule has 3 nitrogen and oxygen atoms in total. The standard InChI is InChI=1S/C14H16N2OS/c1-15-10-11-9-12(7-8-16-11)17-13-5-3-4-6-14(13)18-2/h3-9,15H,10H2,1-2H3. The third-order valence-electron chi connectivity index (χ3n) is 2.44. The molecule has 2 rings (SSSR count). The minimum Gasteiger partial charge on any atom is -0.456 e. The molecule has 0 aliphatic rings. The van der Waals surface area contributed by atoms with Gasteiger partial charge in [-0.2, -0.15) is 0 Å². The highest BCUT2D eigenvalue weighted by Gasteiger charge is 2.04. The van der Waals surface area contributed by atoms with Crippen molar-refractivity contribution in [2.75, 3.05) is 13.3 Å². The monoisotopic (exact) mass is 260 g/mol. The first-order chi connectivity index (χ1) is 8.83. The molecule has 0 amide bonds. The molecule has 1 heterocycles. The lowest BCUT2D eigenvalue weighted by Gasteiger charge is -2.10. The SMILES string of the molecule is CNCc1cc(Oc2ccccc2SC)ccn1. The van der Waals surface area contributed by atoms with Gasteiger partial charge in [0.1, 0.15) is 11.5 Å². The largest absolute Gasteiger partial charge is 0.456 e. The van der Waals surface area contributed by atoms with E-state index in [-0.39, 0.29) is 0 Å². The van der Waals surface area contributed by atoms with Gasteiger partial charge in [0, 0.05) is 23.7 Å². The second kappa shape index (κ2) is 6.42. The molecule has 1 aromatic heterocycles. The van der Waals surface area contributed by atoms with Crippen molar-refractivity contribution in [1.82, 2.24) is 10.3 Å². The maximum absolute atomic E-state index is 5.90. The van der Waals surface area contributed by atoms with Crippen LogP contribution >= 0.6 is 11.8 Å². The molecule has 2 aromatic rings. The zero-order valence-corrected chi connectivity index (χ0v) is 11.3. The number of thioether (sulfide) groups is 1. The van der Waals surface area contributed by atoms with Crippen LogP contribution in [0, 0.1) is 0 Å². The molecule has 0 fully saturated rings. The van der Waals surface area contributed by atoms with Gasteiger partial charge >= 0.3 is 0 Å². The number of benzene rings is 1. The van der Waals surface area contributed by atoms with Gasteiger partial charge in [-0.25, -0.2) is 0 Å². The fraction of sp³-hybridized carbons (Fsp3) is 0.214. The average Bonchev–Trinajstić information content (AvgIpc) is 2.40. The first kappa shape index (κ1) is 12.9. The molecule has 94 valence electrons. The third kappa shape index (κ3) is 3.24. The predicted molar refractivity (Wildman–Crippen MR) is 75.3 cm³/mol. The molecule has 0 radical (unpaired) electrons. The Labute approximate surface area is 112 Å². The van der Waals surface area contributed by atoms with Crippen LogP contribution in [0.4, 0.5) is 0 Å². The quantitative estimate of drug-likeness (QED) is 0.836.